The van der Waals surface area contributed by atoms with Crippen LogP contribution in [0.2, 0.25) is 0 Å². The van der Waals surface area contributed by atoms with Crippen molar-refractivity contribution in [3.63, 3.8) is 0 Å². The fourth-order valence-electron chi connectivity index (χ4n) is 1.98. The van der Waals surface area contributed by atoms with Crippen LogP contribution in [-0.4, -0.2) is 5.91 Å². The highest BCUT2D eigenvalue weighted by Gasteiger charge is 2.10. The number of hydrogen-bond acceptors (Lipinski definition) is 2. The number of aryl methyl sites for hydroxylation is 2. The standard InChI is InChI=1S/C18H16N2O/c1-13-6-5-8-15(10-13)11-16(12-19)18(21)20-17-9-4-3-7-14(17)2/h3-11H,1-2H3,(H,20,21)/b16-11-. The van der Waals surface area contributed by atoms with Gasteiger partial charge in [0.05, 0.1) is 0 Å². The van der Waals surface area contributed by atoms with Crippen molar-refractivity contribution in [3.05, 3.63) is 70.8 Å². The zero-order valence-electron chi connectivity index (χ0n) is 12.1. The first-order valence-corrected chi connectivity index (χ1v) is 6.65. The Bertz CT molecular complexity index is 739. The summed E-state index contributed by atoms with van der Waals surface area (Å²) in [5, 5.41) is 12.0. The Kier molecular flexibility index (Phi) is 4.53. The highest BCUT2D eigenvalue weighted by Crippen LogP contribution is 2.15. The summed E-state index contributed by atoms with van der Waals surface area (Å²) in [6, 6.07) is 17.1. The summed E-state index contributed by atoms with van der Waals surface area (Å²) < 4.78 is 0. The predicted molar refractivity (Wildman–Crippen MR) is 84.6 cm³/mol. The third-order valence-electron chi connectivity index (χ3n) is 3.11. The molecule has 0 aliphatic rings. The first kappa shape index (κ1) is 14.5. The Labute approximate surface area is 124 Å². The first-order valence-electron chi connectivity index (χ1n) is 6.65. The second kappa shape index (κ2) is 6.53. The van der Waals surface area contributed by atoms with E-state index in [2.05, 4.69) is 5.32 Å². The number of hydrogen-bond donors (Lipinski definition) is 1. The minimum absolute atomic E-state index is 0.0869. The van der Waals surface area contributed by atoms with Gasteiger partial charge in [0.1, 0.15) is 11.6 Å². The zero-order valence-corrected chi connectivity index (χ0v) is 12.1. The lowest BCUT2D eigenvalue weighted by Gasteiger charge is -2.07. The molecule has 21 heavy (non-hydrogen) atoms. The van der Waals surface area contributed by atoms with Gasteiger partial charge in [0, 0.05) is 5.69 Å². The maximum atomic E-state index is 12.2. The summed E-state index contributed by atoms with van der Waals surface area (Å²) in [6.07, 6.45) is 1.60. The van der Waals surface area contributed by atoms with Crippen molar-refractivity contribution in [1.29, 1.82) is 5.26 Å². The van der Waals surface area contributed by atoms with Crippen LogP contribution in [0.3, 0.4) is 0 Å². The molecule has 3 nitrogen and oxygen atoms in total. The Hall–Kier alpha value is -2.86. The van der Waals surface area contributed by atoms with Crippen LogP contribution >= 0.6 is 0 Å². The molecule has 1 N–H and O–H groups in total. The van der Waals surface area contributed by atoms with E-state index in [1.54, 1.807) is 6.08 Å². The van der Waals surface area contributed by atoms with Crippen LogP contribution in [-0.2, 0) is 4.79 Å². The lowest BCUT2D eigenvalue weighted by atomic mass is 10.1. The van der Waals surface area contributed by atoms with Crippen molar-refractivity contribution in [2.75, 3.05) is 5.32 Å². The van der Waals surface area contributed by atoms with Crippen LogP contribution < -0.4 is 5.32 Å². The van der Waals surface area contributed by atoms with E-state index in [0.29, 0.717) is 5.69 Å². The van der Waals surface area contributed by atoms with Crippen LogP contribution in [0.5, 0.6) is 0 Å². The van der Waals surface area contributed by atoms with Gasteiger partial charge in [-0.3, -0.25) is 4.79 Å². The quantitative estimate of drug-likeness (QED) is 0.684. The van der Waals surface area contributed by atoms with Gasteiger partial charge in [-0.2, -0.15) is 5.26 Å². The SMILES string of the molecule is Cc1cccc(/C=C(/C#N)C(=O)Nc2ccccc2C)c1. The van der Waals surface area contributed by atoms with Gasteiger partial charge in [-0.15, -0.1) is 0 Å². The van der Waals surface area contributed by atoms with Crippen molar-refractivity contribution >= 4 is 17.7 Å². The molecule has 0 bridgehead atoms. The maximum absolute atomic E-state index is 12.2. The Morgan fingerprint density at radius 2 is 1.90 bits per heavy atom. The zero-order chi connectivity index (χ0) is 15.2. The number of nitriles is 1. The molecule has 0 fully saturated rings. The summed E-state index contributed by atoms with van der Waals surface area (Å²) in [6.45, 7) is 3.88. The monoisotopic (exact) mass is 276 g/mol. The van der Waals surface area contributed by atoms with Gasteiger partial charge in [-0.1, -0.05) is 48.0 Å². The molecule has 0 aliphatic heterocycles. The fourth-order valence-corrected chi connectivity index (χ4v) is 1.98. The van der Waals surface area contributed by atoms with Crippen LogP contribution in [0.25, 0.3) is 6.08 Å². The number of rotatable bonds is 3. The average molecular weight is 276 g/mol. The van der Waals surface area contributed by atoms with Gasteiger partial charge in [-0.05, 0) is 37.1 Å². The van der Waals surface area contributed by atoms with Gasteiger partial charge < -0.3 is 5.32 Å². The third-order valence-corrected chi connectivity index (χ3v) is 3.11. The Morgan fingerprint density at radius 3 is 2.57 bits per heavy atom. The topological polar surface area (TPSA) is 52.9 Å². The van der Waals surface area contributed by atoms with Gasteiger partial charge >= 0.3 is 0 Å². The summed E-state index contributed by atoms with van der Waals surface area (Å²) in [5.74, 6) is -0.395. The normalized spacial score (nSPS) is 10.8. The molecule has 0 unspecified atom stereocenters. The molecular formula is C18H16N2O. The van der Waals surface area contributed by atoms with Crippen molar-refractivity contribution in [1.82, 2.24) is 0 Å². The molecule has 0 radical (unpaired) electrons. The van der Waals surface area contributed by atoms with Crippen LogP contribution in [0.1, 0.15) is 16.7 Å². The molecule has 0 atom stereocenters. The van der Waals surface area contributed by atoms with Gasteiger partial charge in [0.25, 0.3) is 5.91 Å². The van der Waals surface area contributed by atoms with Crippen LogP contribution in [0, 0.1) is 25.2 Å². The number of nitrogens with one attached hydrogen (secondary N) is 1. The van der Waals surface area contributed by atoms with Crippen molar-refractivity contribution in [2.45, 2.75) is 13.8 Å². The van der Waals surface area contributed by atoms with E-state index in [0.717, 1.165) is 16.7 Å². The third kappa shape index (κ3) is 3.80. The van der Waals surface area contributed by atoms with Gasteiger partial charge in [0.2, 0.25) is 0 Å². The molecule has 0 aliphatic carbocycles. The molecule has 3 heteroatoms. The lowest BCUT2D eigenvalue weighted by Crippen LogP contribution is -2.14. The van der Waals surface area contributed by atoms with Crippen molar-refractivity contribution in [2.24, 2.45) is 0 Å². The van der Waals surface area contributed by atoms with Crippen molar-refractivity contribution in [3.8, 4) is 6.07 Å². The molecule has 0 aromatic heterocycles. The molecule has 0 saturated carbocycles. The van der Waals surface area contributed by atoms with Crippen LogP contribution in [0.4, 0.5) is 5.69 Å². The number of anilines is 1. The average Bonchev–Trinajstić information content (AvgIpc) is 2.47. The van der Waals surface area contributed by atoms with E-state index in [1.807, 2.05) is 68.4 Å². The molecular weight excluding hydrogens is 260 g/mol. The molecule has 0 spiro atoms. The minimum Gasteiger partial charge on any atom is -0.321 e. The first-order chi connectivity index (χ1) is 10.1. The number of nitrogens with zero attached hydrogens (tertiary/aromatic N) is 1. The van der Waals surface area contributed by atoms with Gasteiger partial charge in [-0.25, -0.2) is 0 Å². The number of carbonyl (C=O) groups excluding carboxylic acids is 1. The second-order valence-corrected chi connectivity index (χ2v) is 4.85. The molecule has 2 aromatic rings. The summed E-state index contributed by atoms with van der Waals surface area (Å²) >= 11 is 0. The molecule has 2 aromatic carbocycles. The highest BCUT2D eigenvalue weighted by atomic mass is 16.1. The van der Waals surface area contributed by atoms with E-state index in [4.69, 9.17) is 0 Å². The molecule has 2 rings (SSSR count). The molecule has 0 saturated heterocycles. The Morgan fingerprint density at radius 1 is 1.14 bits per heavy atom. The number of para-hydroxylation sites is 1. The van der Waals surface area contributed by atoms with E-state index >= 15 is 0 Å². The van der Waals surface area contributed by atoms with Crippen molar-refractivity contribution < 1.29 is 4.79 Å². The number of benzene rings is 2. The maximum Gasteiger partial charge on any atom is 0.266 e. The van der Waals surface area contributed by atoms with Crippen LogP contribution in [0.15, 0.2) is 54.1 Å². The molecule has 104 valence electrons. The number of carbonyl (C=O) groups is 1. The lowest BCUT2D eigenvalue weighted by molar-refractivity contribution is -0.112. The second-order valence-electron chi connectivity index (χ2n) is 4.85. The smallest absolute Gasteiger partial charge is 0.266 e. The fraction of sp³-hybridized carbons (Fsp3) is 0.111. The molecule has 1 amide bonds. The summed E-state index contributed by atoms with van der Waals surface area (Å²) in [7, 11) is 0. The van der Waals surface area contributed by atoms with E-state index in [1.165, 1.54) is 0 Å². The number of amides is 1. The predicted octanol–water partition coefficient (Wildman–Crippen LogP) is 3.85. The summed E-state index contributed by atoms with van der Waals surface area (Å²) in [5.41, 5.74) is 3.68. The van der Waals surface area contributed by atoms with E-state index in [9.17, 15) is 10.1 Å². The van der Waals surface area contributed by atoms with E-state index < -0.39 is 5.91 Å². The Balaban J connectivity index is 2.24. The summed E-state index contributed by atoms with van der Waals surface area (Å²) in [4.78, 5) is 12.2. The van der Waals surface area contributed by atoms with Gasteiger partial charge in [0.15, 0.2) is 0 Å². The minimum atomic E-state index is -0.395. The van der Waals surface area contributed by atoms with E-state index in [-0.39, 0.29) is 5.57 Å². The molecule has 0 heterocycles. The largest absolute Gasteiger partial charge is 0.321 e. The highest BCUT2D eigenvalue weighted by molar-refractivity contribution is 6.09.